The van der Waals surface area contributed by atoms with Gasteiger partial charge in [-0.15, -0.1) is 5.10 Å². The first-order valence-corrected chi connectivity index (χ1v) is 14.8. The van der Waals surface area contributed by atoms with E-state index >= 15 is 4.39 Å². The zero-order valence-electron chi connectivity index (χ0n) is 25.4. The summed E-state index contributed by atoms with van der Waals surface area (Å²) in [7, 11) is 5.39. The predicted octanol–water partition coefficient (Wildman–Crippen LogP) is 3.54. The number of phenolic OH excluding ortho intramolecular Hbond substituents is 1. The molecule has 12 nitrogen and oxygen atoms in total. The number of aromatic amines is 1. The lowest BCUT2D eigenvalue weighted by Gasteiger charge is -2.38. The number of likely N-dealkylation sites (N-methyl/N-ethyl adjacent to an activating group) is 1. The van der Waals surface area contributed by atoms with Gasteiger partial charge in [0.1, 0.15) is 17.1 Å². The number of amides is 1. The molecule has 4 heterocycles. The summed E-state index contributed by atoms with van der Waals surface area (Å²) in [6, 6.07) is 12.5. The number of phenols is 1. The van der Waals surface area contributed by atoms with E-state index in [4.69, 9.17) is 4.74 Å². The minimum absolute atomic E-state index is 0.00749. The number of halogens is 1. The number of fused-ring (bicyclic) bond motifs is 1. The van der Waals surface area contributed by atoms with Crippen LogP contribution in [-0.2, 0) is 13.5 Å². The lowest BCUT2D eigenvalue weighted by molar-refractivity contribution is 0.0884. The van der Waals surface area contributed by atoms with Crippen LogP contribution in [0.15, 0.2) is 61.1 Å². The fraction of sp³-hybridized carbons (Fsp3) is 0.312. The summed E-state index contributed by atoms with van der Waals surface area (Å²) in [5, 5.41) is 21.3. The zero-order chi connectivity index (χ0) is 31.5. The summed E-state index contributed by atoms with van der Waals surface area (Å²) in [5.41, 5.74) is 3.48. The van der Waals surface area contributed by atoms with Crippen LogP contribution in [0.5, 0.6) is 11.6 Å². The first-order valence-electron chi connectivity index (χ1n) is 14.8. The Morgan fingerprint density at radius 3 is 2.71 bits per heavy atom. The molecule has 45 heavy (non-hydrogen) atoms. The Morgan fingerprint density at radius 1 is 1.13 bits per heavy atom. The van der Waals surface area contributed by atoms with E-state index in [1.165, 1.54) is 13.2 Å². The van der Waals surface area contributed by atoms with Crippen LogP contribution in [0.25, 0.3) is 22.2 Å². The molecular weight excluding hydrogens is 577 g/mol. The van der Waals surface area contributed by atoms with E-state index in [0.29, 0.717) is 30.1 Å². The molecule has 2 aromatic carbocycles. The second-order valence-electron chi connectivity index (χ2n) is 11.2. The molecule has 4 N–H and O–H groups in total. The topological polar surface area (TPSA) is 136 Å². The Morgan fingerprint density at radius 2 is 1.93 bits per heavy atom. The van der Waals surface area contributed by atoms with Crippen molar-refractivity contribution in [3.63, 3.8) is 0 Å². The summed E-state index contributed by atoms with van der Waals surface area (Å²) in [5.74, 6) is -0.342. The van der Waals surface area contributed by atoms with E-state index in [1.54, 1.807) is 42.3 Å². The molecule has 0 radical (unpaired) electrons. The summed E-state index contributed by atoms with van der Waals surface area (Å²) in [6.45, 7) is 3.98. The first kappa shape index (κ1) is 30.0. The molecule has 1 fully saturated rings. The Kier molecular flexibility index (Phi) is 8.62. The van der Waals surface area contributed by atoms with Crippen molar-refractivity contribution in [2.45, 2.75) is 12.5 Å². The van der Waals surface area contributed by atoms with Gasteiger partial charge in [-0.1, -0.05) is 30.3 Å². The third kappa shape index (κ3) is 6.44. The minimum atomic E-state index is -0.549. The number of anilines is 2. The van der Waals surface area contributed by atoms with Crippen LogP contribution >= 0.6 is 0 Å². The largest absolute Gasteiger partial charge is 0.507 e. The van der Waals surface area contributed by atoms with Gasteiger partial charge >= 0.3 is 0 Å². The maximum Gasteiger partial charge on any atom is 0.256 e. The summed E-state index contributed by atoms with van der Waals surface area (Å²) >= 11 is 0. The maximum absolute atomic E-state index is 15.2. The van der Waals surface area contributed by atoms with Gasteiger partial charge in [0.05, 0.1) is 25.1 Å². The van der Waals surface area contributed by atoms with Crippen molar-refractivity contribution >= 4 is 28.4 Å². The number of hydrogen-bond acceptors (Lipinski definition) is 9. The number of hydrogen-bond donors (Lipinski definition) is 4. The Balaban J connectivity index is 1.27. The van der Waals surface area contributed by atoms with E-state index in [2.05, 4.69) is 53.6 Å². The number of nitrogens with one attached hydrogen (secondary N) is 3. The molecule has 0 spiro atoms. The molecule has 6 rings (SSSR count). The average Bonchev–Trinajstić information content (AvgIpc) is 3.63. The number of ether oxygens (including phenoxy) is 1. The number of para-hydroxylation sites is 2. The van der Waals surface area contributed by atoms with E-state index in [9.17, 15) is 9.90 Å². The van der Waals surface area contributed by atoms with Crippen molar-refractivity contribution < 1.29 is 19.0 Å². The molecule has 5 aromatic rings. The molecule has 0 unspecified atom stereocenters. The quantitative estimate of drug-likeness (QED) is 0.186. The summed E-state index contributed by atoms with van der Waals surface area (Å²) < 4.78 is 22.1. The van der Waals surface area contributed by atoms with E-state index in [-0.39, 0.29) is 34.9 Å². The van der Waals surface area contributed by atoms with Crippen LogP contribution < -0.4 is 15.4 Å². The molecule has 13 heteroatoms. The van der Waals surface area contributed by atoms with Gasteiger partial charge in [0.15, 0.2) is 5.82 Å². The Bertz CT molecular complexity index is 1810. The molecule has 1 aliphatic rings. The predicted molar refractivity (Wildman–Crippen MR) is 169 cm³/mol. The van der Waals surface area contributed by atoms with Gasteiger partial charge in [0, 0.05) is 68.5 Å². The normalized spacial score (nSPS) is 14.8. The summed E-state index contributed by atoms with van der Waals surface area (Å²) in [4.78, 5) is 29.6. The van der Waals surface area contributed by atoms with E-state index in [1.807, 2.05) is 12.1 Å². The lowest BCUT2D eigenvalue weighted by Crippen LogP contribution is -2.53. The van der Waals surface area contributed by atoms with Gasteiger partial charge < -0.3 is 30.4 Å². The van der Waals surface area contributed by atoms with Crippen molar-refractivity contribution in [2.75, 3.05) is 52.2 Å². The van der Waals surface area contributed by atoms with Gasteiger partial charge in [-0.3, -0.25) is 14.4 Å². The van der Waals surface area contributed by atoms with Crippen molar-refractivity contribution in [1.29, 1.82) is 0 Å². The van der Waals surface area contributed by atoms with Crippen LogP contribution in [-0.4, -0.2) is 98.5 Å². The Hall–Kier alpha value is -5.01. The molecule has 1 amide bonds. The molecule has 0 aliphatic carbocycles. The van der Waals surface area contributed by atoms with Crippen LogP contribution in [0.4, 0.5) is 16.0 Å². The molecule has 1 aliphatic heterocycles. The van der Waals surface area contributed by atoms with Crippen molar-refractivity contribution in [1.82, 2.24) is 39.8 Å². The average molecular weight is 614 g/mol. The SMILES string of the molecule is COc1nn(C)cc1Nc1ncc(F)c(-c2c[nH]c3c(C[C@H](CNC(=O)c4ccccc4O)N4CCN(C)CC4)cccc23)n1. The number of carbonyl (C=O) groups is 1. The van der Waals surface area contributed by atoms with E-state index in [0.717, 1.165) is 48.8 Å². The highest BCUT2D eigenvalue weighted by molar-refractivity contribution is 5.97. The standard InChI is InChI=1S/C32H36FN9O3/c1-40-11-13-42(14-12-40)21(16-35-30(44)23-8-4-5-10-27(23)43)15-20-7-6-9-22-24(17-34-28(20)22)29-25(33)18-36-32(38-29)37-26-19-41(2)39-31(26)45-3/h4-10,17-19,21,34,43H,11-16H2,1-3H3,(H,35,44)(H,36,37,38)/t21-/m1/s1. The first-order chi connectivity index (χ1) is 21.8. The third-order valence-corrected chi connectivity index (χ3v) is 8.19. The number of aromatic nitrogens is 5. The maximum atomic E-state index is 15.2. The second-order valence-corrected chi connectivity index (χ2v) is 11.2. The van der Waals surface area contributed by atoms with Crippen molar-refractivity contribution in [3.8, 4) is 22.9 Å². The molecule has 0 saturated carbocycles. The Labute approximate surface area is 259 Å². The van der Waals surface area contributed by atoms with Gasteiger partial charge in [-0.05, 0) is 31.2 Å². The number of rotatable bonds is 10. The fourth-order valence-electron chi connectivity index (χ4n) is 5.77. The number of nitrogens with zero attached hydrogens (tertiary/aromatic N) is 6. The van der Waals surface area contributed by atoms with Gasteiger partial charge in [-0.2, -0.15) is 0 Å². The van der Waals surface area contributed by atoms with Crippen molar-refractivity contribution in [3.05, 3.63) is 78.0 Å². The van der Waals surface area contributed by atoms with Crippen molar-refractivity contribution in [2.24, 2.45) is 7.05 Å². The van der Waals surface area contributed by atoms with Crippen LogP contribution in [0.3, 0.4) is 0 Å². The number of carbonyl (C=O) groups excluding carboxylic acids is 1. The highest BCUT2D eigenvalue weighted by Gasteiger charge is 2.25. The summed E-state index contributed by atoms with van der Waals surface area (Å²) in [6.07, 6.45) is 5.28. The number of piperazine rings is 1. The second kappa shape index (κ2) is 12.9. The van der Waals surface area contributed by atoms with Crippen LogP contribution in [0.1, 0.15) is 15.9 Å². The molecule has 0 bridgehead atoms. The minimum Gasteiger partial charge on any atom is -0.507 e. The monoisotopic (exact) mass is 613 g/mol. The number of aromatic hydroxyl groups is 1. The highest BCUT2D eigenvalue weighted by atomic mass is 19.1. The highest BCUT2D eigenvalue weighted by Crippen LogP contribution is 2.33. The third-order valence-electron chi connectivity index (χ3n) is 8.19. The molecule has 3 aromatic heterocycles. The smallest absolute Gasteiger partial charge is 0.256 e. The molecule has 234 valence electrons. The van der Waals surface area contributed by atoms with Crippen LogP contribution in [0.2, 0.25) is 0 Å². The van der Waals surface area contributed by atoms with Gasteiger partial charge in [0.25, 0.3) is 11.8 Å². The number of benzene rings is 2. The van der Waals surface area contributed by atoms with E-state index < -0.39 is 5.82 Å². The lowest BCUT2D eigenvalue weighted by atomic mass is 9.99. The zero-order valence-corrected chi connectivity index (χ0v) is 25.4. The van der Waals surface area contributed by atoms with Gasteiger partial charge in [0.2, 0.25) is 5.95 Å². The number of H-pyrrole nitrogens is 1. The number of aryl methyl sites for hydroxylation is 1. The fourth-order valence-corrected chi connectivity index (χ4v) is 5.77. The molecule has 1 saturated heterocycles. The number of methoxy groups -OCH3 is 1. The molecule has 1 atom stereocenters. The molecular formula is C32H36FN9O3. The van der Waals surface area contributed by atoms with Crippen LogP contribution in [0, 0.1) is 5.82 Å². The van der Waals surface area contributed by atoms with Gasteiger partial charge in [-0.25, -0.2) is 14.4 Å².